The van der Waals surface area contributed by atoms with Crippen molar-refractivity contribution in [2.45, 2.75) is 26.3 Å². The van der Waals surface area contributed by atoms with Crippen molar-refractivity contribution < 1.29 is 0 Å². The molecule has 2 N–H and O–H groups in total. The number of rotatable bonds is 6. The highest BCUT2D eigenvalue weighted by atomic mass is 127. The number of nitrogens with one attached hydrogen (secondary N) is 2. The van der Waals surface area contributed by atoms with Gasteiger partial charge in [0.2, 0.25) is 0 Å². The molecule has 7 heteroatoms. The lowest BCUT2D eigenvalue weighted by Gasteiger charge is -2.36. The van der Waals surface area contributed by atoms with Gasteiger partial charge >= 0.3 is 0 Å². The quantitative estimate of drug-likeness (QED) is 0.285. The molecule has 0 bridgehead atoms. The van der Waals surface area contributed by atoms with Crippen molar-refractivity contribution in [3.8, 4) is 0 Å². The zero-order chi connectivity index (χ0) is 17.4. The maximum atomic E-state index is 6.09. The number of aliphatic imine (C=N–C) groups is 1. The second-order valence-corrected chi connectivity index (χ2v) is 6.90. The van der Waals surface area contributed by atoms with E-state index in [1.807, 2.05) is 19.2 Å². The third kappa shape index (κ3) is 8.00. The van der Waals surface area contributed by atoms with Gasteiger partial charge in [-0.05, 0) is 45.0 Å². The van der Waals surface area contributed by atoms with Gasteiger partial charge in [-0.3, -0.25) is 9.89 Å². The van der Waals surface area contributed by atoms with E-state index in [0.717, 1.165) is 56.7 Å². The number of halogens is 2. The first kappa shape index (κ1) is 22.3. The highest BCUT2D eigenvalue weighted by Crippen LogP contribution is 2.20. The molecule has 1 aliphatic heterocycles. The monoisotopic (exact) mass is 479 g/mol. The summed E-state index contributed by atoms with van der Waals surface area (Å²) in [7, 11) is 1.81. The van der Waals surface area contributed by atoms with E-state index < -0.39 is 0 Å². The van der Waals surface area contributed by atoms with E-state index in [0.29, 0.717) is 6.04 Å². The molecular weight excluding hydrogens is 449 g/mol. The van der Waals surface area contributed by atoms with Crippen LogP contribution in [0.25, 0.3) is 0 Å². The van der Waals surface area contributed by atoms with E-state index in [1.54, 1.807) is 0 Å². The molecule has 0 atom stereocenters. The molecule has 0 unspecified atom stereocenters. The summed E-state index contributed by atoms with van der Waals surface area (Å²) in [6.45, 7) is 10.6. The Labute approximate surface area is 174 Å². The summed E-state index contributed by atoms with van der Waals surface area (Å²) < 4.78 is 0. The van der Waals surface area contributed by atoms with Crippen LogP contribution in [0.4, 0.5) is 5.69 Å². The molecule has 1 aromatic rings. The second-order valence-electron chi connectivity index (χ2n) is 6.46. The maximum absolute atomic E-state index is 6.09. The molecular formula is C18H31ClIN5. The third-order valence-electron chi connectivity index (χ3n) is 4.14. The Balaban J connectivity index is 0.00000312. The molecule has 5 nitrogen and oxygen atoms in total. The van der Waals surface area contributed by atoms with Crippen molar-refractivity contribution in [3.05, 3.63) is 29.3 Å². The average molecular weight is 480 g/mol. The Bertz CT molecular complexity index is 530. The van der Waals surface area contributed by atoms with Crippen LogP contribution in [-0.2, 0) is 0 Å². The Morgan fingerprint density at radius 1 is 1.24 bits per heavy atom. The summed E-state index contributed by atoms with van der Waals surface area (Å²) in [5.74, 6) is 0.885. The van der Waals surface area contributed by atoms with Gasteiger partial charge in [0.1, 0.15) is 0 Å². The van der Waals surface area contributed by atoms with Crippen LogP contribution < -0.4 is 15.5 Å². The van der Waals surface area contributed by atoms with Gasteiger partial charge < -0.3 is 15.5 Å². The summed E-state index contributed by atoms with van der Waals surface area (Å²) in [4.78, 5) is 9.17. The number of benzene rings is 1. The predicted molar refractivity (Wildman–Crippen MR) is 120 cm³/mol. The number of hydrogen-bond donors (Lipinski definition) is 2. The predicted octanol–water partition coefficient (Wildman–Crippen LogP) is 3.04. The van der Waals surface area contributed by atoms with Crippen LogP contribution in [0.3, 0.4) is 0 Å². The summed E-state index contributed by atoms with van der Waals surface area (Å²) in [6.07, 6.45) is 1.12. The molecule has 0 aromatic heterocycles. The van der Waals surface area contributed by atoms with Crippen LogP contribution in [0, 0.1) is 0 Å². The fraction of sp³-hybridized carbons (Fsp3) is 0.611. The number of piperazine rings is 1. The lowest BCUT2D eigenvalue weighted by molar-refractivity contribution is 0.255. The Morgan fingerprint density at radius 3 is 2.56 bits per heavy atom. The van der Waals surface area contributed by atoms with E-state index in [1.165, 1.54) is 5.69 Å². The summed E-state index contributed by atoms with van der Waals surface area (Å²) in [5.41, 5.74) is 1.23. The van der Waals surface area contributed by atoms with Gasteiger partial charge in [-0.25, -0.2) is 0 Å². The van der Waals surface area contributed by atoms with Crippen molar-refractivity contribution in [2.75, 3.05) is 51.2 Å². The summed E-state index contributed by atoms with van der Waals surface area (Å²) in [5, 5.41) is 7.48. The number of guanidine groups is 1. The van der Waals surface area contributed by atoms with E-state index in [4.69, 9.17) is 11.6 Å². The van der Waals surface area contributed by atoms with Crippen LogP contribution >= 0.6 is 35.6 Å². The van der Waals surface area contributed by atoms with Gasteiger partial charge in [-0.15, -0.1) is 24.0 Å². The molecule has 1 aliphatic rings. The molecule has 2 rings (SSSR count). The second kappa shape index (κ2) is 11.8. The first-order valence-electron chi connectivity index (χ1n) is 8.78. The standard InChI is InChI=1S/C18H30ClN5.HI/c1-15(2)22-18(20-3)21-8-5-9-23-10-12-24(13-11-23)17-7-4-6-16(19)14-17;/h4,6-7,14-15H,5,8-13H2,1-3H3,(H2,20,21,22);1H. The number of hydrogen-bond acceptors (Lipinski definition) is 3. The van der Waals surface area contributed by atoms with Crippen molar-refractivity contribution in [2.24, 2.45) is 4.99 Å². The zero-order valence-electron chi connectivity index (χ0n) is 15.5. The van der Waals surface area contributed by atoms with Crippen LogP contribution in [-0.4, -0.2) is 63.2 Å². The third-order valence-corrected chi connectivity index (χ3v) is 4.37. The molecule has 0 spiro atoms. The zero-order valence-corrected chi connectivity index (χ0v) is 18.6. The SMILES string of the molecule is CN=C(NCCCN1CCN(c2cccc(Cl)c2)CC1)NC(C)C.I. The molecule has 0 saturated carbocycles. The van der Waals surface area contributed by atoms with Crippen LogP contribution in [0.15, 0.2) is 29.3 Å². The summed E-state index contributed by atoms with van der Waals surface area (Å²) >= 11 is 6.09. The van der Waals surface area contributed by atoms with Gasteiger partial charge in [0.25, 0.3) is 0 Å². The fourth-order valence-electron chi connectivity index (χ4n) is 2.88. The largest absolute Gasteiger partial charge is 0.369 e. The molecule has 1 heterocycles. The minimum Gasteiger partial charge on any atom is -0.369 e. The van der Waals surface area contributed by atoms with E-state index in [-0.39, 0.29) is 24.0 Å². The number of nitrogens with zero attached hydrogens (tertiary/aromatic N) is 3. The molecule has 25 heavy (non-hydrogen) atoms. The van der Waals surface area contributed by atoms with Crippen LogP contribution in [0.2, 0.25) is 5.02 Å². The smallest absolute Gasteiger partial charge is 0.191 e. The van der Waals surface area contributed by atoms with Gasteiger partial charge in [0.05, 0.1) is 0 Å². The highest BCUT2D eigenvalue weighted by Gasteiger charge is 2.16. The van der Waals surface area contributed by atoms with Gasteiger partial charge in [-0.1, -0.05) is 17.7 Å². The van der Waals surface area contributed by atoms with Gasteiger partial charge in [-0.2, -0.15) is 0 Å². The first-order chi connectivity index (χ1) is 11.6. The Kier molecular flexibility index (Phi) is 10.5. The summed E-state index contributed by atoms with van der Waals surface area (Å²) in [6, 6.07) is 8.54. The van der Waals surface area contributed by atoms with Crippen molar-refractivity contribution in [1.82, 2.24) is 15.5 Å². The Morgan fingerprint density at radius 2 is 1.96 bits per heavy atom. The van der Waals surface area contributed by atoms with Crippen molar-refractivity contribution in [1.29, 1.82) is 0 Å². The topological polar surface area (TPSA) is 42.9 Å². The van der Waals surface area contributed by atoms with E-state index in [9.17, 15) is 0 Å². The fourth-order valence-corrected chi connectivity index (χ4v) is 3.06. The molecule has 0 radical (unpaired) electrons. The first-order valence-corrected chi connectivity index (χ1v) is 9.16. The minimum atomic E-state index is 0. The van der Waals surface area contributed by atoms with Crippen molar-refractivity contribution >= 4 is 47.2 Å². The minimum absolute atomic E-state index is 0. The van der Waals surface area contributed by atoms with E-state index >= 15 is 0 Å². The van der Waals surface area contributed by atoms with Gasteiger partial charge in [0.15, 0.2) is 5.96 Å². The van der Waals surface area contributed by atoms with Crippen LogP contribution in [0.1, 0.15) is 20.3 Å². The molecule has 0 aliphatic carbocycles. The molecule has 142 valence electrons. The average Bonchev–Trinajstić information content (AvgIpc) is 2.58. The molecule has 1 aromatic carbocycles. The highest BCUT2D eigenvalue weighted by molar-refractivity contribution is 14.0. The van der Waals surface area contributed by atoms with Gasteiger partial charge in [0, 0.05) is 56.5 Å². The number of anilines is 1. The van der Waals surface area contributed by atoms with Crippen LogP contribution in [0.5, 0.6) is 0 Å². The lowest BCUT2D eigenvalue weighted by Crippen LogP contribution is -2.47. The normalized spacial score (nSPS) is 15.9. The van der Waals surface area contributed by atoms with E-state index in [2.05, 4.69) is 51.4 Å². The molecule has 1 saturated heterocycles. The Hall–Kier alpha value is -0.730. The maximum Gasteiger partial charge on any atom is 0.191 e. The molecule has 1 fully saturated rings. The lowest BCUT2D eigenvalue weighted by atomic mass is 10.2. The van der Waals surface area contributed by atoms with Crippen molar-refractivity contribution in [3.63, 3.8) is 0 Å². The molecule has 0 amide bonds.